The summed E-state index contributed by atoms with van der Waals surface area (Å²) >= 11 is 0. The van der Waals surface area contributed by atoms with Crippen molar-refractivity contribution in [3.05, 3.63) is 77.4 Å². The van der Waals surface area contributed by atoms with Crippen LogP contribution in [-0.4, -0.2) is 90.1 Å². The molecule has 1 fully saturated rings. The van der Waals surface area contributed by atoms with Gasteiger partial charge in [-0.3, -0.25) is 24.3 Å². The fraction of sp³-hybridized carbons (Fsp3) is 0.400. The molecule has 0 spiro atoms. The Labute approximate surface area is 218 Å². The fourth-order valence-corrected chi connectivity index (χ4v) is 5.30. The van der Waals surface area contributed by atoms with E-state index in [9.17, 15) is 14.7 Å². The van der Waals surface area contributed by atoms with E-state index in [0.717, 1.165) is 55.5 Å². The van der Waals surface area contributed by atoms with E-state index in [2.05, 4.69) is 28.9 Å². The Bertz CT molecular complexity index is 1200. The van der Waals surface area contributed by atoms with Crippen molar-refractivity contribution in [3.8, 4) is 5.75 Å². The molecule has 1 saturated heterocycles. The number of aliphatic hydroxyl groups excluding tert-OH is 1. The highest BCUT2D eigenvalue weighted by Crippen LogP contribution is 2.29. The maximum absolute atomic E-state index is 13.1. The first-order chi connectivity index (χ1) is 18.0. The second-order valence-corrected chi connectivity index (χ2v) is 9.97. The summed E-state index contributed by atoms with van der Waals surface area (Å²) in [5, 5.41) is 12.2. The second kappa shape index (κ2) is 11.4. The van der Waals surface area contributed by atoms with Crippen LogP contribution in [0.5, 0.6) is 5.75 Å². The number of carbonyl (C=O) groups is 2. The van der Waals surface area contributed by atoms with E-state index in [1.165, 1.54) is 10.5 Å². The van der Waals surface area contributed by atoms with Crippen molar-refractivity contribution in [1.29, 1.82) is 0 Å². The van der Waals surface area contributed by atoms with E-state index in [1.807, 2.05) is 48.5 Å². The largest absolute Gasteiger partial charge is 0.491 e. The van der Waals surface area contributed by atoms with Gasteiger partial charge < -0.3 is 9.84 Å². The number of imide groups is 1. The smallest absolute Gasteiger partial charge is 0.261 e. The molecule has 0 bridgehead atoms. The Morgan fingerprint density at radius 2 is 1.46 bits per heavy atom. The van der Waals surface area contributed by atoms with Crippen LogP contribution in [0.1, 0.15) is 39.6 Å². The summed E-state index contributed by atoms with van der Waals surface area (Å²) in [6.07, 6.45) is 1.61. The van der Waals surface area contributed by atoms with E-state index < -0.39 is 6.10 Å². The monoisotopic (exact) mass is 501 g/mol. The predicted octanol–water partition coefficient (Wildman–Crippen LogP) is 3.45. The maximum atomic E-state index is 13.1. The molecule has 0 aliphatic carbocycles. The molecule has 7 nitrogen and oxygen atoms in total. The zero-order valence-corrected chi connectivity index (χ0v) is 21.4. The van der Waals surface area contributed by atoms with Crippen LogP contribution in [0.15, 0.2) is 60.7 Å². The van der Waals surface area contributed by atoms with Crippen molar-refractivity contribution in [3.63, 3.8) is 0 Å². The quantitative estimate of drug-likeness (QED) is 0.429. The van der Waals surface area contributed by atoms with Gasteiger partial charge in [0.15, 0.2) is 0 Å². The molecule has 2 amide bonds. The van der Waals surface area contributed by atoms with Crippen molar-refractivity contribution in [1.82, 2.24) is 14.7 Å². The highest BCUT2D eigenvalue weighted by molar-refractivity contribution is 6.25. The summed E-state index contributed by atoms with van der Waals surface area (Å²) in [4.78, 5) is 32.1. The molecular weight excluding hydrogens is 466 g/mol. The molecule has 0 radical (unpaired) electrons. The molecule has 3 aromatic rings. The lowest BCUT2D eigenvalue weighted by molar-refractivity contribution is 0.0416. The first-order valence-corrected chi connectivity index (χ1v) is 13.3. The van der Waals surface area contributed by atoms with Gasteiger partial charge in [0.1, 0.15) is 18.5 Å². The lowest BCUT2D eigenvalue weighted by Crippen LogP contribution is -2.51. The Hall–Kier alpha value is -3.26. The number of rotatable bonds is 10. The van der Waals surface area contributed by atoms with E-state index in [0.29, 0.717) is 30.8 Å². The average molecular weight is 502 g/mol. The third-order valence-corrected chi connectivity index (χ3v) is 7.33. The molecular formula is C30H35N3O4. The summed E-state index contributed by atoms with van der Waals surface area (Å²) in [6, 6.07) is 19.3. The van der Waals surface area contributed by atoms with Crippen LogP contribution in [0.2, 0.25) is 0 Å². The lowest BCUT2D eigenvalue weighted by Gasteiger charge is -2.36. The minimum absolute atomic E-state index is 0.212. The molecule has 194 valence electrons. The number of hydrogen-bond donors (Lipinski definition) is 1. The number of carbonyl (C=O) groups excluding carboxylic acids is 2. The van der Waals surface area contributed by atoms with Gasteiger partial charge >= 0.3 is 0 Å². The lowest BCUT2D eigenvalue weighted by atomic mass is 9.94. The molecule has 2 aliphatic heterocycles. The first-order valence-electron chi connectivity index (χ1n) is 13.3. The minimum atomic E-state index is -0.562. The van der Waals surface area contributed by atoms with Gasteiger partial charge in [-0.15, -0.1) is 0 Å². The second-order valence-electron chi connectivity index (χ2n) is 9.97. The van der Waals surface area contributed by atoms with Gasteiger partial charge in [0.2, 0.25) is 0 Å². The Kier molecular flexibility index (Phi) is 7.84. The summed E-state index contributed by atoms with van der Waals surface area (Å²) in [7, 11) is 0. The fourth-order valence-electron chi connectivity index (χ4n) is 5.30. The number of aryl methyl sites for hydroxylation is 1. The molecule has 1 N–H and O–H groups in total. The van der Waals surface area contributed by atoms with Crippen LogP contribution >= 0.6 is 0 Å². The van der Waals surface area contributed by atoms with E-state index in [-0.39, 0.29) is 18.4 Å². The molecule has 37 heavy (non-hydrogen) atoms. The summed E-state index contributed by atoms with van der Waals surface area (Å²) < 4.78 is 5.78. The number of aliphatic hydroxyl groups is 1. The highest BCUT2D eigenvalue weighted by atomic mass is 16.5. The van der Waals surface area contributed by atoms with Crippen LogP contribution in [-0.2, 0) is 6.42 Å². The van der Waals surface area contributed by atoms with E-state index in [4.69, 9.17) is 4.74 Å². The minimum Gasteiger partial charge on any atom is -0.491 e. The molecule has 0 aromatic heterocycles. The van der Waals surface area contributed by atoms with Crippen LogP contribution in [0.25, 0.3) is 10.8 Å². The van der Waals surface area contributed by atoms with Gasteiger partial charge in [0.25, 0.3) is 11.8 Å². The molecule has 7 heteroatoms. The van der Waals surface area contributed by atoms with Gasteiger partial charge in [-0.25, -0.2) is 0 Å². The van der Waals surface area contributed by atoms with Crippen LogP contribution < -0.4 is 4.74 Å². The number of β-amino-alcohol motifs (C(OH)–C–C–N with tert-alkyl or cyclic N) is 1. The summed E-state index contributed by atoms with van der Waals surface area (Å²) in [5.41, 5.74) is 2.50. The molecule has 0 saturated carbocycles. The number of benzene rings is 3. The third kappa shape index (κ3) is 5.69. The van der Waals surface area contributed by atoms with Crippen LogP contribution in [0.3, 0.4) is 0 Å². The first kappa shape index (κ1) is 25.4. The van der Waals surface area contributed by atoms with Crippen LogP contribution in [0.4, 0.5) is 0 Å². The summed E-state index contributed by atoms with van der Waals surface area (Å²) in [6.45, 7) is 7.31. The van der Waals surface area contributed by atoms with Crippen molar-refractivity contribution >= 4 is 22.6 Å². The van der Waals surface area contributed by atoms with Crippen molar-refractivity contribution in [2.24, 2.45) is 0 Å². The molecule has 1 atom stereocenters. The van der Waals surface area contributed by atoms with Crippen molar-refractivity contribution in [2.75, 3.05) is 52.4 Å². The Balaban J connectivity index is 1.07. The SMILES string of the molecule is CCCc1ccc(OC[C@H](O)CN2CCN(CCN3C(=O)c4cccc5cccc(c45)C3=O)CC2)cc1. The summed E-state index contributed by atoms with van der Waals surface area (Å²) in [5.74, 6) is 0.358. The average Bonchev–Trinajstić information content (AvgIpc) is 2.92. The van der Waals surface area contributed by atoms with Gasteiger partial charge in [-0.1, -0.05) is 49.7 Å². The van der Waals surface area contributed by atoms with Gasteiger partial charge in [0, 0.05) is 62.3 Å². The standard InChI is InChI=1S/C30H35N3O4/c1-2-5-22-10-12-25(13-11-22)37-21-24(34)20-32-16-14-31(15-17-32)18-19-33-29(35)26-8-3-6-23-7-4-9-27(28(23)26)30(33)36/h3-4,6-13,24,34H,2,5,14-21H2,1H3/t24-/m1/s1. The number of hydrogen-bond acceptors (Lipinski definition) is 6. The predicted molar refractivity (Wildman–Crippen MR) is 144 cm³/mol. The number of nitrogens with zero attached hydrogens (tertiary/aromatic N) is 3. The normalized spacial score (nSPS) is 17.4. The molecule has 2 heterocycles. The third-order valence-electron chi connectivity index (χ3n) is 7.33. The van der Waals surface area contributed by atoms with E-state index in [1.54, 1.807) is 0 Å². The zero-order chi connectivity index (χ0) is 25.8. The Morgan fingerprint density at radius 3 is 2.08 bits per heavy atom. The molecule has 2 aliphatic rings. The number of ether oxygens (including phenoxy) is 1. The highest BCUT2D eigenvalue weighted by Gasteiger charge is 2.33. The van der Waals surface area contributed by atoms with E-state index >= 15 is 0 Å². The number of piperazine rings is 1. The topological polar surface area (TPSA) is 73.3 Å². The van der Waals surface area contributed by atoms with Gasteiger partial charge in [-0.2, -0.15) is 0 Å². The molecule has 0 unspecified atom stereocenters. The zero-order valence-electron chi connectivity index (χ0n) is 21.4. The molecule has 3 aromatic carbocycles. The van der Waals surface area contributed by atoms with Crippen molar-refractivity contribution in [2.45, 2.75) is 25.9 Å². The maximum Gasteiger partial charge on any atom is 0.261 e. The van der Waals surface area contributed by atoms with Crippen molar-refractivity contribution < 1.29 is 19.4 Å². The van der Waals surface area contributed by atoms with Gasteiger partial charge in [0.05, 0.1) is 0 Å². The Morgan fingerprint density at radius 1 is 0.838 bits per heavy atom. The van der Waals surface area contributed by atoms with Crippen LogP contribution in [0, 0.1) is 0 Å². The number of amides is 2. The van der Waals surface area contributed by atoms with Gasteiger partial charge in [-0.05, 0) is 41.6 Å². The molecule has 5 rings (SSSR count).